The first-order valence-electron chi connectivity index (χ1n) is 10.2. The molecule has 0 aliphatic carbocycles. The standard InChI is InChI=1S/C22H29N3O5/c1-14-21(26)24(2)10-9-16-6-8-19(28-4)20(30-16)13-29-18-7-5-15(12-23)11-17(18)22(27)25(14)3/h5,7,11,14,16,19-20H,6,8-10,13H2,1-4H3/t14-,16+,19+,20-/m1/s1. The first kappa shape index (κ1) is 22.1. The Labute approximate surface area is 177 Å². The normalized spacial score (nSPS) is 28.2. The van der Waals surface area contributed by atoms with Crippen molar-refractivity contribution in [3.05, 3.63) is 29.3 Å². The van der Waals surface area contributed by atoms with Crippen LogP contribution in [0.2, 0.25) is 0 Å². The van der Waals surface area contributed by atoms with Gasteiger partial charge in [-0.1, -0.05) is 0 Å². The topological polar surface area (TPSA) is 92.1 Å². The number of carbonyl (C=O) groups is 2. The molecule has 0 aromatic heterocycles. The average molecular weight is 415 g/mol. The van der Waals surface area contributed by atoms with E-state index in [0.29, 0.717) is 24.3 Å². The number of fused-ring (bicyclic) bond motifs is 3. The zero-order valence-corrected chi connectivity index (χ0v) is 18.0. The third-order valence-corrected chi connectivity index (χ3v) is 6.02. The molecular weight excluding hydrogens is 386 g/mol. The fourth-order valence-corrected chi connectivity index (χ4v) is 3.93. The van der Waals surface area contributed by atoms with Gasteiger partial charge in [0, 0.05) is 27.7 Å². The fraction of sp³-hybridized carbons (Fsp3) is 0.591. The summed E-state index contributed by atoms with van der Waals surface area (Å²) in [6, 6.07) is 6.12. The highest BCUT2D eigenvalue weighted by Crippen LogP contribution is 2.28. The number of carbonyl (C=O) groups excluding carboxylic acids is 2. The van der Waals surface area contributed by atoms with E-state index < -0.39 is 6.04 Å². The molecule has 3 rings (SSSR count). The molecule has 0 radical (unpaired) electrons. The summed E-state index contributed by atoms with van der Waals surface area (Å²) >= 11 is 0. The smallest absolute Gasteiger partial charge is 0.258 e. The summed E-state index contributed by atoms with van der Waals surface area (Å²) in [7, 11) is 4.98. The fourth-order valence-electron chi connectivity index (χ4n) is 3.93. The zero-order valence-electron chi connectivity index (χ0n) is 18.0. The van der Waals surface area contributed by atoms with Gasteiger partial charge in [-0.3, -0.25) is 9.59 Å². The SMILES string of the molecule is CO[C@H]1CC[C@H]2CCN(C)C(=O)[C@@H](C)N(C)C(=O)c3cc(C#N)ccc3OC[C@H]1O2. The average Bonchev–Trinajstić information content (AvgIpc) is 2.78. The van der Waals surface area contributed by atoms with Gasteiger partial charge in [-0.2, -0.15) is 5.26 Å². The van der Waals surface area contributed by atoms with Crippen molar-refractivity contribution < 1.29 is 23.8 Å². The summed E-state index contributed by atoms with van der Waals surface area (Å²) in [5.41, 5.74) is 0.595. The lowest BCUT2D eigenvalue weighted by molar-refractivity contribution is -0.146. The number of ether oxygens (including phenoxy) is 3. The molecule has 2 heterocycles. The molecule has 0 unspecified atom stereocenters. The van der Waals surface area contributed by atoms with Gasteiger partial charge >= 0.3 is 0 Å². The number of methoxy groups -OCH3 is 1. The van der Waals surface area contributed by atoms with Crippen LogP contribution >= 0.6 is 0 Å². The Morgan fingerprint density at radius 2 is 1.97 bits per heavy atom. The molecule has 30 heavy (non-hydrogen) atoms. The summed E-state index contributed by atoms with van der Waals surface area (Å²) in [6.07, 6.45) is 2.03. The maximum atomic E-state index is 13.2. The Kier molecular flexibility index (Phi) is 6.95. The summed E-state index contributed by atoms with van der Waals surface area (Å²) in [6.45, 7) is 2.47. The highest BCUT2D eigenvalue weighted by Gasteiger charge is 2.34. The van der Waals surface area contributed by atoms with Crippen LogP contribution in [0, 0.1) is 11.3 Å². The number of hydrogen-bond acceptors (Lipinski definition) is 6. The molecule has 0 N–H and O–H groups in total. The monoisotopic (exact) mass is 415 g/mol. The number of nitrogens with zero attached hydrogens (tertiary/aromatic N) is 3. The molecule has 4 atom stereocenters. The second kappa shape index (κ2) is 9.45. The molecule has 0 spiro atoms. The molecule has 162 valence electrons. The van der Waals surface area contributed by atoms with Crippen molar-refractivity contribution in [2.75, 3.05) is 34.4 Å². The molecule has 8 heteroatoms. The predicted octanol–water partition coefficient (Wildman–Crippen LogP) is 1.82. The highest BCUT2D eigenvalue weighted by atomic mass is 16.6. The molecule has 1 saturated heterocycles. The molecule has 0 saturated carbocycles. The Morgan fingerprint density at radius 1 is 1.20 bits per heavy atom. The van der Waals surface area contributed by atoms with E-state index in [1.54, 1.807) is 45.2 Å². The minimum atomic E-state index is -0.651. The lowest BCUT2D eigenvalue weighted by Crippen LogP contribution is -2.48. The van der Waals surface area contributed by atoms with Gasteiger partial charge in [0.1, 0.15) is 24.5 Å². The van der Waals surface area contributed by atoms with Gasteiger partial charge in [0.15, 0.2) is 0 Å². The van der Waals surface area contributed by atoms with Gasteiger partial charge in [-0.15, -0.1) is 0 Å². The largest absolute Gasteiger partial charge is 0.490 e. The van der Waals surface area contributed by atoms with Crippen LogP contribution in [-0.4, -0.2) is 80.3 Å². The number of amides is 2. The van der Waals surface area contributed by atoms with E-state index in [1.165, 1.54) is 11.0 Å². The molecule has 1 aromatic carbocycles. The van der Waals surface area contributed by atoms with Crippen molar-refractivity contribution in [2.45, 2.75) is 50.5 Å². The Hall–Kier alpha value is -2.63. The van der Waals surface area contributed by atoms with Gasteiger partial charge < -0.3 is 24.0 Å². The number of likely N-dealkylation sites (N-methyl/N-ethyl adjacent to an activating group) is 2. The number of nitriles is 1. The van der Waals surface area contributed by atoms with E-state index >= 15 is 0 Å². The predicted molar refractivity (Wildman–Crippen MR) is 109 cm³/mol. The second-order valence-electron chi connectivity index (χ2n) is 7.92. The van der Waals surface area contributed by atoms with E-state index in [0.717, 1.165) is 12.8 Å². The van der Waals surface area contributed by atoms with E-state index in [9.17, 15) is 14.9 Å². The third-order valence-electron chi connectivity index (χ3n) is 6.02. The second-order valence-corrected chi connectivity index (χ2v) is 7.92. The number of rotatable bonds is 1. The van der Waals surface area contributed by atoms with Gasteiger partial charge in [0.25, 0.3) is 5.91 Å². The Bertz CT molecular complexity index is 837. The van der Waals surface area contributed by atoms with E-state index in [2.05, 4.69) is 0 Å². The Balaban J connectivity index is 1.98. The van der Waals surface area contributed by atoms with Gasteiger partial charge in [-0.05, 0) is 44.4 Å². The molecule has 2 amide bonds. The van der Waals surface area contributed by atoms with Crippen LogP contribution in [0.1, 0.15) is 42.1 Å². The van der Waals surface area contributed by atoms with Crippen molar-refractivity contribution in [1.82, 2.24) is 9.80 Å². The van der Waals surface area contributed by atoms with Crippen LogP contribution in [0.3, 0.4) is 0 Å². The molecular formula is C22H29N3O5. The summed E-state index contributed by atoms with van der Waals surface area (Å²) in [5, 5.41) is 9.27. The maximum absolute atomic E-state index is 13.2. The summed E-state index contributed by atoms with van der Waals surface area (Å²) in [4.78, 5) is 29.1. The molecule has 2 aliphatic rings. The molecule has 8 nitrogen and oxygen atoms in total. The Morgan fingerprint density at radius 3 is 2.67 bits per heavy atom. The van der Waals surface area contributed by atoms with Crippen LogP contribution < -0.4 is 4.74 Å². The van der Waals surface area contributed by atoms with E-state index in [-0.39, 0.29) is 42.3 Å². The van der Waals surface area contributed by atoms with Crippen LogP contribution in [0.4, 0.5) is 0 Å². The van der Waals surface area contributed by atoms with Crippen LogP contribution in [-0.2, 0) is 14.3 Å². The molecule has 2 bridgehead atoms. The third kappa shape index (κ3) is 4.58. The summed E-state index contributed by atoms with van der Waals surface area (Å²) < 4.78 is 17.8. The molecule has 1 fully saturated rings. The van der Waals surface area contributed by atoms with Crippen molar-refractivity contribution >= 4 is 11.8 Å². The minimum absolute atomic E-state index is 0.0123. The van der Waals surface area contributed by atoms with Crippen molar-refractivity contribution in [3.8, 4) is 11.8 Å². The van der Waals surface area contributed by atoms with Crippen molar-refractivity contribution in [2.24, 2.45) is 0 Å². The van der Waals surface area contributed by atoms with Crippen molar-refractivity contribution in [1.29, 1.82) is 5.26 Å². The highest BCUT2D eigenvalue weighted by molar-refractivity contribution is 5.99. The number of hydrogen-bond donors (Lipinski definition) is 0. The minimum Gasteiger partial charge on any atom is -0.490 e. The maximum Gasteiger partial charge on any atom is 0.258 e. The quantitative estimate of drug-likeness (QED) is 0.695. The van der Waals surface area contributed by atoms with Gasteiger partial charge in [0.05, 0.1) is 29.4 Å². The first-order valence-corrected chi connectivity index (χ1v) is 10.2. The van der Waals surface area contributed by atoms with Crippen LogP contribution in [0.25, 0.3) is 0 Å². The van der Waals surface area contributed by atoms with E-state index in [4.69, 9.17) is 14.2 Å². The van der Waals surface area contributed by atoms with Crippen molar-refractivity contribution in [3.63, 3.8) is 0 Å². The van der Waals surface area contributed by atoms with Crippen LogP contribution in [0.5, 0.6) is 5.75 Å². The summed E-state index contributed by atoms with van der Waals surface area (Å²) in [5.74, 6) is -0.167. The first-order chi connectivity index (χ1) is 14.3. The molecule has 1 aromatic rings. The zero-order chi connectivity index (χ0) is 21.8. The van der Waals surface area contributed by atoms with Gasteiger partial charge in [-0.25, -0.2) is 0 Å². The lowest BCUT2D eigenvalue weighted by Gasteiger charge is -2.37. The number of benzene rings is 1. The van der Waals surface area contributed by atoms with E-state index in [1.807, 2.05) is 6.07 Å². The molecule has 2 aliphatic heterocycles. The van der Waals surface area contributed by atoms with Gasteiger partial charge in [0.2, 0.25) is 5.91 Å². The lowest BCUT2D eigenvalue weighted by atomic mass is 9.99. The van der Waals surface area contributed by atoms with Crippen LogP contribution in [0.15, 0.2) is 18.2 Å².